The molecule has 3 rings (SSSR count). The molecule has 1 fully saturated rings. The van der Waals surface area contributed by atoms with Crippen molar-refractivity contribution in [1.82, 2.24) is 19.5 Å². The summed E-state index contributed by atoms with van der Waals surface area (Å²) in [5, 5.41) is 0. The lowest BCUT2D eigenvalue weighted by atomic mass is 10.4. The van der Waals surface area contributed by atoms with Crippen molar-refractivity contribution in [1.29, 1.82) is 0 Å². The Balaban J connectivity index is 1.75. The van der Waals surface area contributed by atoms with Crippen LogP contribution in [0.1, 0.15) is 20.3 Å². The van der Waals surface area contributed by atoms with Crippen LogP contribution in [-0.2, 0) is 20.2 Å². The van der Waals surface area contributed by atoms with Gasteiger partial charge >= 0.3 is 7.60 Å². The molecule has 2 aromatic heterocycles. The Hall–Kier alpha value is -1.50. The van der Waals surface area contributed by atoms with Crippen molar-refractivity contribution in [2.24, 2.45) is 5.92 Å². The minimum Gasteiger partial charge on any atom is -0.382 e. The molecule has 0 radical (unpaired) electrons. The highest BCUT2D eigenvalue weighted by atomic mass is 31.2. The standard InChI is InChI=1S/C13H20N5O3P/c1-3-20-22(19,21-4-2)10-5-9(10)6-18-8-17-11-12(14)15-7-16-13(11)18/h7-10H,3-6H2,1-2H3,(H2,14,15,16)/t9-,10+/m0/s1. The summed E-state index contributed by atoms with van der Waals surface area (Å²) in [6.07, 6.45) is 3.93. The third kappa shape index (κ3) is 2.74. The second kappa shape index (κ2) is 5.95. The monoisotopic (exact) mass is 325 g/mol. The van der Waals surface area contributed by atoms with Crippen molar-refractivity contribution in [3.05, 3.63) is 12.7 Å². The number of anilines is 1. The predicted molar refractivity (Wildman–Crippen MR) is 82.5 cm³/mol. The van der Waals surface area contributed by atoms with Gasteiger partial charge in [-0.1, -0.05) is 0 Å². The largest absolute Gasteiger partial charge is 0.382 e. The van der Waals surface area contributed by atoms with Crippen molar-refractivity contribution in [2.75, 3.05) is 18.9 Å². The molecule has 0 saturated heterocycles. The molecule has 9 heteroatoms. The quantitative estimate of drug-likeness (QED) is 0.777. The SMILES string of the molecule is CCOP(=O)(OCC)[C@@H]1C[C@H]1Cn1cnc2c(N)ncnc21. The fourth-order valence-corrected chi connectivity index (χ4v) is 5.01. The number of hydrogen-bond acceptors (Lipinski definition) is 7. The number of imidazole rings is 1. The van der Waals surface area contributed by atoms with Gasteiger partial charge in [0.25, 0.3) is 0 Å². The molecule has 1 saturated carbocycles. The third-order valence-electron chi connectivity index (χ3n) is 3.77. The summed E-state index contributed by atoms with van der Waals surface area (Å²) in [5.74, 6) is 0.600. The molecule has 0 aromatic carbocycles. The molecule has 0 unspecified atom stereocenters. The van der Waals surface area contributed by atoms with Gasteiger partial charge in [0.2, 0.25) is 0 Å². The molecular weight excluding hydrogens is 305 g/mol. The Bertz CT molecular complexity index is 709. The van der Waals surface area contributed by atoms with E-state index in [1.165, 1.54) is 6.33 Å². The topological polar surface area (TPSA) is 105 Å². The fourth-order valence-electron chi connectivity index (χ4n) is 2.69. The molecular formula is C13H20N5O3P. The fraction of sp³-hybridized carbons (Fsp3) is 0.615. The van der Waals surface area contributed by atoms with E-state index in [0.29, 0.717) is 36.7 Å². The summed E-state index contributed by atoms with van der Waals surface area (Å²) in [5.41, 5.74) is 7.02. The molecule has 2 heterocycles. The second-order valence-electron chi connectivity index (χ2n) is 5.27. The lowest BCUT2D eigenvalue weighted by Crippen LogP contribution is -2.06. The van der Waals surface area contributed by atoms with E-state index in [1.54, 1.807) is 6.33 Å². The van der Waals surface area contributed by atoms with E-state index in [0.717, 1.165) is 6.42 Å². The Kier molecular flexibility index (Phi) is 4.16. The first-order chi connectivity index (χ1) is 10.6. The molecule has 8 nitrogen and oxygen atoms in total. The highest BCUT2D eigenvalue weighted by Gasteiger charge is 2.52. The number of rotatable bonds is 7. The van der Waals surface area contributed by atoms with Crippen LogP contribution in [0.25, 0.3) is 11.2 Å². The average Bonchev–Trinajstić information content (AvgIpc) is 3.14. The molecule has 2 aromatic rings. The van der Waals surface area contributed by atoms with Gasteiger partial charge in [0.15, 0.2) is 11.5 Å². The molecule has 22 heavy (non-hydrogen) atoms. The van der Waals surface area contributed by atoms with Crippen molar-refractivity contribution >= 4 is 24.6 Å². The highest BCUT2D eigenvalue weighted by Crippen LogP contribution is 2.65. The van der Waals surface area contributed by atoms with Crippen LogP contribution in [0, 0.1) is 5.92 Å². The van der Waals surface area contributed by atoms with E-state index < -0.39 is 7.60 Å². The minimum absolute atomic E-state index is 0.0518. The molecule has 2 N–H and O–H groups in total. The minimum atomic E-state index is -3.02. The Labute approximate surface area is 128 Å². The van der Waals surface area contributed by atoms with Gasteiger partial charge in [-0.3, -0.25) is 4.57 Å². The summed E-state index contributed by atoms with van der Waals surface area (Å²) < 4.78 is 25.5. The van der Waals surface area contributed by atoms with Crippen LogP contribution in [0.2, 0.25) is 0 Å². The Morgan fingerprint density at radius 1 is 1.32 bits per heavy atom. The molecule has 2 atom stereocenters. The first kappa shape index (κ1) is 15.4. The van der Waals surface area contributed by atoms with Crippen LogP contribution in [0.15, 0.2) is 12.7 Å². The Morgan fingerprint density at radius 3 is 2.73 bits per heavy atom. The van der Waals surface area contributed by atoms with Crippen LogP contribution < -0.4 is 5.73 Å². The van der Waals surface area contributed by atoms with Gasteiger partial charge in [-0.25, -0.2) is 15.0 Å². The van der Waals surface area contributed by atoms with Gasteiger partial charge in [-0.2, -0.15) is 0 Å². The van der Waals surface area contributed by atoms with Gasteiger partial charge in [0, 0.05) is 6.54 Å². The van der Waals surface area contributed by atoms with E-state index in [1.807, 2.05) is 18.4 Å². The first-order valence-corrected chi connectivity index (χ1v) is 9.00. The lowest BCUT2D eigenvalue weighted by molar-refractivity contribution is 0.217. The van der Waals surface area contributed by atoms with E-state index in [9.17, 15) is 4.57 Å². The van der Waals surface area contributed by atoms with Crippen LogP contribution in [0.5, 0.6) is 0 Å². The van der Waals surface area contributed by atoms with Crippen molar-refractivity contribution in [2.45, 2.75) is 32.5 Å². The normalized spacial score (nSPS) is 21.4. The number of nitrogens with zero attached hydrogens (tertiary/aromatic N) is 4. The maximum Gasteiger partial charge on any atom is 0.334 e. The molecule has 0 amide bonds. The molecule has 0 bridgehead atoms. The number of hydrogen-bond donors (Lipinski definition) is 1. The maximum absolute atomic E-state index is 12.7. The predicted octanol–water partition coefficient (Wildman–Crippen LogP) is 2.06. The van der Waals surface area contributed by atoms with Gasteiger partial charge < -0.3 is 19.3 Å². The molecule has 0 aliphatic heterocycles. The zero-order chi connectivity index (χ0) is 15.7. The molecule has 0 spiro atoms. The maximum atomic E-state index is 12.7. The summed E-state index contributed by atoms with van der Waals surface area (Å²) in [6, 6.07) is 0. The number of nitrogens with two attached hydrogens (primary N) is 1. The third-order valence-corrected chi connectivity index (χ3v) is 6.45. The summed E-state index contributed by atoms with van der Waals surface area (Å²) in [4.78, 5) is 12.4. The lowest BCUT2D eigenvalue weighted by Gasteiger charge is -2.17. The van der Waals surface area contributed by atoms with E-state index in [2.05, 4.69) is 15.0 Å². The van der Waals surface area contributed by atoms with Gasteiger partial charge in [-0.05, 0) is 26.2 Å². The van der Waals surface area contributed by atoms with E-state index >= 15 is 0 Å². The second-order valence-corrected chi connectivity index (χ2v) is 7.53. The van der Waals surface area contributed by atoms with Crippen molar-refractivity contribution < 1.29 is 13.6 Å². The summed E-state index contributed by atoms with van der Waals surface area (Å²) in [6.45, 7) is 5.09. The van der Waals surface area contributed by atoms with Gasteiger partial charge in [0.05, 0.1) is 25.2 Å². The van der Waals surface area contributed by atoms with Gasteiger partial charge in [-0.15, -0.1) is 0 Å². The summed E-state index contributed by atoms with van der Waals surface area (Å²) >= 11 is 0. The van der Waals surface area contributed by atoms with Crippen LogP contribution >= 0.6 is 7.60 Å². The van der Waals surface area contributed by atoms with Crippen LogP contribution in [-0.4, -0.2) is 38.4 Å². The van der Waals surface area contributed by atoms with Crippen molar-refractivity contribution in [3.8, 4) is 0 Å². The van der Waals surface area contributed by atoms with E-state index in [-0.39, 0.29) is 11.6 Å². The number of fused-ring (bicyclic) bond motifs is 1. The first-order valence-electron chi connectivity index (χ1n) is 7.39. The highest BCUT2D eigenvalue weighted by molar-refractivity contribution is 7.55. The van der Waals surface area contributed by atoms with E-state index in [4.69, 9.17) is 14.8 Å². The molecule has 1 aliphatic carbocycles. The van der Waals surface area contributed by atoms with Crippen LogP contribution in [0.3, 0.4) is 0 Å². The smallest absolute Gasteiger partial charge is 0.334 e. The molecule has 120 valence electrons. The average molecular weight is 325 g/mol. The van der Waals surface area contributed by atoms with Crippen molar-refractivity contribution in [3.63, 3.8) is 0 Å². The molecule has 1 aliphatic rings. The van der Waals surface area contributed by atoms with Crippen LogP contribution in [0.4, 0.5) is 5.82 Å². The number of nitrogen functional groups attached to an aromatic ring is 1. The summed E-state index contributed by atoms with van der Waals surface area (Å²) in [7, 11) is -3.02. The zero-order valence-electron chi connectivity index (χ0n) is 12.7. The zero-order valence-corrected chi connectivity index (χ0v) is 13.6. The van der Waals surface area contributed by atoms with Gasteiger partial charge in [0.1, 0.15) is 11.8 Å². The number of aromatic nitrogens is 4. The Morgan fingerprint density at radius 2 is 2.05 bits per heavy atom.